The minimum atomic E-state index is -0.461. The number of carbonyl (C=O) groups is 1. The van der Waals surface area contributed by atoms with Gasteiger partial charge in [-0.25, -0.2) is 4.68 Å². The van der Waals surface area contributed by atoms with Gasteiger partial charge in [0.1, 0.15) is 0 Å². The SMILES string of the molecule is Cl.O=C(NC1CCNCC1)c1ccn(-c2cccc([N+](=O)[O-])c2)n1. The van der Waals surface area contributed by atoms with Crippen LogP contribution in [0.5, 0.6) is 0 Å². The van der Waals surface area contributed by atoms with Crippen molar-refractivity contribution in [2.45, 2.75) is 18.9 Å². The molecule has 1 aromatic carbocycles. The van der Waals surface area contributed by atoms with E-state index in [0.717, 1.165) is 25.9 Å². The number of aromatic nitrogens is 2. The standard InChI is InChI=1S/C15H17N5O3.ClH/c21-15(17-11-4-7-16-8-5-11)14-6-9-19(18-14)12-2-1-3-13(10-12)20(22)23;/h1-3,6,9-11,16H,4-5,7-8H2,(H,17,21);1H. The van der Waals surface area contributed by atoms with Crippen LogP contribution in [-0.2, 0) is 0 Å². The second-order valence-electron chi connectivity index (χ2n) is 5.42. The number of halogens is 1. The van der Waals surface area contributed by atoms with E-state index in [2.05, 4.69) is 15.7 Å². The molecule has 8 nitrogen and oxygen atoms in total. The summed E-state index contributed by atoms with van der Waals surface area (Å²) in [5, 5.41) is 21.2. The number of hydrogen-bond donors (Lipinski definition) is 2. The predicted octanol–water partition coefficient (Wildman–Crippen LogP) is 1.68. The number of nitro groups is 1. The fourth-order valence-electron chi connectivity index (χ4n) is 2.56. The lowest BCUT2D eigenvalue weighted by Crippen LogP contribution is -2.42. The van der Waals surface area contributed by atoms with Gasteiger partial charge in [0, 0.05) is 24.4 Å². The summed E-state index contributed by atoms with van der Waals surface area (Å²) in [4.78, 5) is 22.6. The van der Waals surface area contributed by atoms with Gasteiger partial charge in [-0.05, 0) is 38.1 Å². The zero-order chi connectivity index (χ0) is 16.2. The first kappa shape index (κ1) is 17.9. The largest absolute Gasteiger partial charge is 0.348 e. The number of nitrogens with one attached hydrogen (secondary N) is 2. The fraction of sp³-hybridized carbons (Fsp3) is 0.333. The van der Waals surface area contributed by atoms with Crippen molar-refractivity contribution in [2.75, 3.05) is 13.1 Å². The molecule has 0 aliphatic carbocycles. The summed E-state index contributed by atoms with van der Waals surface area (Å²) in [7, 11) is 0. The van der Waals surface area contributed by atoms with E-state index in [9.17, 15) is 14.9 Å². The van der Waals surface area contributed by atoms with Gasteiger partial charge in [0.15, 0.2) is 5.69 Å². The van der Waals surface area contributed by atoms with Crippen LogP contribution in [0, 0.1) is 10.1 Å². The van der Waals surface area contributed by atoms with Gasteiger partial charge in [-0.3, -0.25) is 14.9 Å². The van der Waals surface area contributed by atoms with E-state index in [0.29, 0.717) is 11.4 Å². The molecule has 0 radical (unpaired) electrons. The normalized spacial score (nSPS) is 14.7. The van der Waals surface area contributed by atoms with E-state index < -0.39 is 4.92 Å². The molecule has 2 aromatic rings. The molecule has 24 heavy (non-hydrogen) atoms. The number of benzene rings is 1. The van der Waals surface area contributed by atoms with Crippen LogP contribution in [0.3, 0.4) is 0 Å². The minimum absolute atomic E-state index is 0. The topological polar surface area (TPSA) is 102 Å². The Kier molecular flexibility index (Phi) is 5.88. The maximum Gasteiger partial charge on any atom is 0.272 e. The van der Waals surface area contributed by atoms with E-state index in [1.165, 1.54) is 16.8 Å². The zero-order valence-electron chi connectivity index (χ0n) is 12.8. The van der Waals surface area contributed by atoms with Crippen LogP contribution in [0.2, 0.25) is 0 Å². The van der Waals surface area contributed by atoms with Gasteiger partial charge in [0.2, 0.25) is 0 Å². The second-order valence-corrected chi connectivity index (χ2v) is 5.42. The van der Waals surface area contributed by atoms with Crippen molar-refractivity contribution in [1.29, 1.82) is 0 Å². The Labute approximate surface area is 144 Å². The number of carbonyl (C=O) groups excluding carboxylic acids is 1. The first-order valence-electron chi connectivity index (χ1n) is 7.45. The predicted molar refractivity (Wildman–Crippen MR) is 90.8 cm³/mol. The van der Waals surface area contributed by atoms with Crippen LogP contribution in [0.4, 0.5) is 5.69 Å². The van der Waals surface area contributed by atoms with Gasteiger partial charge in [0.05, 0.1) is 10.6 Å². The number of piperidine rings is 1. The molecular weight excluding hydrogens is 334 g/mol. The van der Waals surface area contributed by atoms with Gasteiger partial charge in [0.25, 0.3) is 11.6 Å². The number of amides is 1. The maximum atomic E-state index is 12.2. The first-order chi connectivity index (χ1) is 11.1. The Balaban J connectivity index is 0.00000208. The Hall–Kier alpha value is -2.45. The zero-order valence-corrected chi connectivity index (χ0v) is 13.7. The van der Waals surface area contributed by atoms with Crippen LogP contribution < -0.4 is 10.6 Å². The van der Waals surface area contributed by atoms with Gasteiger partial charge in [-0.2, -0.15) is 5.10 Å². The Morgan fingerprint density at radius 3 is 2.79 bits per heavy atom. The smallest absolute Gasteiger partial charge is 0.272 e. The summed E-state index contributed by atoms with van der Waals surface area (Å²) in [6, 6.07) is 7.89. The van der Waals surface area contributed by atoms with E-state index >= 15 is 0 Å². The van der Waals surface area contributed by atoms with Crippen molar-refractivity contribution in [3.05, 3.63) is 52.3 Å². The van der Waals surface area contributed by atoms with Gasteiger partial charge in [-0.1, -0.05) is 6.07 Å². The average Bonchev–Trinajstić information content (AvgIpc) is 3.06. The van der Waals surface area contributed by atoms with Gasteiger partial charge < -0.3 is 10.6 Å². The number of non-ortho nitro benzene ring substituents is 1. The molecule has 0 saturated carbocycles. The third-order valence-electron chi connectivity index (χ3n) is 3.80. The monoisotopic (exact) mass is 351 g/mol. The number of hydrogen-bond acceptors (Lipinski definition) is 5. The van der Waals surface area contributed by atoms with Crippen molar-refractivity contribution in [2.24, 2.45) is 0 Å². The van der Waals surface area contributed by atoms with Crippen molar-refractivity contribution in [3.8, 4) is 5.69 Å². The number of rotatable bonds is 4. The molecule has 1 aliphatic heterocycles. The molecule has 0 unspecified atom stereocenters. The minimum Gasteiger partial charge on any atom is -0.348 e. The molecule has 2 N–H and O–H groups in total. The van der Waals surface area contributed by atoms with Crippen molar-refractivity contribution < 1.29 is 9.72 Å². The van der Waals surface area contributed by atoms with Gasteiger partial charge >= 0.3 is 0 Å². The molecule has 1 saturated heterocycles. The molecule has 0 atom stereocenters. The molecule has 1 amide bonds. The Bertz CT molecular complexity index is 727. The lowest BCUT2D eigenvalue weighted by atomic mass is 10.1. The van der Waals surface area contributed by atoms with Crippen molar-refractivity contribution in [3.63, 3.8) is 0 Å². The van der Waals surface area contributed by atoms with Crippen LogP contribution in [-0.4, -0.2) is 39.7 Å². The highest BCUT2D eigenvalue weighted by atomic mass is 35.5. The molecule has 2 heterocycles. The first-order valence-corrected chi connectivity index (χ1v) is 7.45. The maximum absolute atomic E-state index is 12.2. The summed E-state index contributed by atoms with van der Waals surface area (Å²) in [5.41, 5.74) is 0.828. The summed E-state index contributed by atoms with van der Waals surface area (Å²) in [6.45, 7) is 1.79. The highest BCUT2D eigenvalue weighted by Gasteiger charge is 2.18. The molecule has 0 spiro atoms. The summed E-state index contributed by atoms with van der Waals surface area (Å²) < 4.78 is 1.46. The summed E-state index contributed by atoms with van der Waals surface area (Å²) in [5.74, 6) is -0.221. The molecule has 128 valence electrons. The highest BCUT2D eigenvalue weighted by Crippen LogP contribution is 2.16. The fourth-order valence-corrected chi connectivity index (χ4v) is 2.56. The van der Waals surface area contributed by atoms with E-state index in [-0.39, 0.29) is 30.0 Å². The molecule has 3 rings (SSSR count). The van der Waals surface area contributed by atoms with Crippen molar-refractivity contribution in [1.82, 2.24) is 20.4 Å². The van der Waals surface area contributed by atoms with Gasteiger partial charge in [-0.15, -0.1) is 12.4 Å². The quantitative estimate of drug-likeness (QED) is 0.644. The molecule has 0 bridgehead atoms. The molecule has 1 aromatic heterocycles. The van der Waals surface area contributed by atoms with Crippen LogP contribution in [0.1, 0.15) is 23.3 Å². The van der Waals surface area contributed by atoms with Crippen LogP contribution >= 0.6 is 12.4 Å². The molecule has 1 aliphatic rings. The molecule has 1 fully saturated rings. The Morgan fingerprint density at radius 1 is 1.33 bits per heavy atom. The summed E-state index contributed by atoms with van der Waals surface area (Å²) in [6.07, 6.45) is 3.42. The lowest BCUT2D eigenvalue weighted by molar-refractivity contribution is -0.384. The highest BCUT2D eigenvalue weighted by molar-refractivity contribution is 5.92. The van der Waals surface area contributed by atoms with Crippen LogP contribution in [0.25, 0.3) is 5.69 Å². The number of nitro benzene ring substituents is 1. The Morgan fingerprint density at radius 2 is 2.08 bits per heavy atom. The average molecular weight is 352 g/mol. The van der Waals surface area contributed by atoms with E-state index in [1.807, 2.05) is 0 Å². The second kappa shape index (κ2) is 7.89. The lowest BCUT2D eigenvalue weighted by Gasteiger charge is -2.23. The number of nitrogens with zero attached hydrogens (tertiary/aromatic N) is 3. The molecular formula is C15H18ClN5O3. The van der Waals surface area contributed by atoms with E-state index in [4.69, 9.17) is 0 Å². The third-order valence-corrected chi connectivity index (χ3v) is 3.80. The molecule has 9 heteroatoms. The summed E-state index contributed by atoms with van der Waals surface area (Å²) >= 11 is 0. The third kappa shape index (κ3) is 4.09. The van der Waals surface area contributed by atoms with Crippen molar-refractivity contribution >= 4 is 24.0 Å². The van der Waals surface area contributed by atoms with Crippen LogP contribution in [0.15, 0.2) is 36.5 Å². The van der Waals surface area contributed by atoms with E-state index in [1.54, 1.807) is 24.4 Å².